The maximum atomic E-state index is 13.6. The second-order valence-electron chi connectivity index (χ2n) is 11.2. The number of ketones is 2. The van der Waals surface area contributed by atoms with Crippen LogP contribution in [0.15, 0.2) is 30.3 Å². The Bertz CT molecular complexity index is 926. The molecule has 1 heterocycles. The molecule has 0 spiro atoms. The Labute approximate surface area is 220 Å². The zero-order chi connectivity index (χ0) is 27.8. The largest absolute Gasteiger partial charge is 0.383 e. The Morgan fingerprint density at radius 1 is 0.946 bits per heavy atom. The average Bonchev–Trinajstić information content (AvgIpc) is 3.60. The van der Waals surface area contributed by atoms with E-state index in [0.29, 0.717) is 25.9 Å². The maximum Gasteiger partial charge on any atom is 0.249 e. The van der Waals surface area contributed by atoms with Gasteiger partial charge in [-0.2, -0.15) is 0 Å². The highest BCUT2D eigenvalue weighted by Gasteiger charge is 2.50. The van der Waals surface area contributed by atoms with Crippen LogP contribution in [-0.2, 0) is 30.3 Å². The van der Waals surface area contributed by atoms with Gasteiger partial charge in [-0.05, 0) is 50.0 Å². The van der Waals surface area contributed by atoms with Crippen molar-refractivity contribution in [2.24, 2.45) is 17.8 Å². The van der Waals surface area contributed by atoms with E-state index in [1.54, 1.807) is 13.8 Å². The van der Waals surface area contributed by atoms with Crippen LogP contribution >= 0.6 is 0 Å². The molecule has 2 rings (SSSR count). The molecule has 0 radical (unpaired) electrons. The highest BCUT2D eigenvalue weighted by molar-refractivity contribution is 5.98. The first kappa shape index (κ1) is 30.6. The molecule has 0 unspecified atom stereocenters. The van der Waals surface area contributed by atoms with E-state index in [0.717, 1.165) is 5.56 Å². The van der Waals surface area contributed by atoms with Crippen LogP contribution in [0.25, 0.3) is 0 Å². The number of benzene rings is 1. The van der Waals surface area contributed by atoms with Gasteiger partial charge in [-0.3, -0.25) is 19.2 Å². The van der Waals surface area contributed by atoms with Gasteiger partial charge in [-0.15, -0.1) is 0 Å². The van der Waals surface area contributed by atoms with Crippen molar-refractivity contribution in [2.75, 3.05) is 6.61 Å². The molecule has 8 nitrogen and oxygen atoms in total. The molecule has 8 heteroatoms. The molecule has 37 heavy (non-hydrogen) atoms. The number of epoxide rings is 1. The predicted molar refractivity (Wildman–Crippen MR) is 142 cm³/mol. The van der Waals surface area contributed by atoms with E-state index in [4.69, 9.17) is 4.74 Å². The summed E-state index contributed by atoms with van der Waals surface area (Å²) in [6.45, 7) is 11.6. The van der Waals surface area contributed by atoms with Gasteiger partial charge in [0.15, 0.2) is 11.6 Å². The molecule has 1 aliphatic rings. The lowest BCUT2D eigenvalue weighted by molar-refractivity contribution is -0.136. The van der Waals surface area contributed by atoms with Gasteiger partial charge in [0.1, 0.15) is 11.7 Å². The lowest BCUT2D eigenvalue weighted by atomic mass is 9.87. The van der Waals surface area contributed by atoms with Crippen molar-refractivity contribution < 1.29 is 29.0 Å². The fourth-order valence-corrected chi connectivity index (χ4v) is 4.35. The molecule has 1 aliphatic heterocycles. The average molecular weight is 517 g/mol. The first-order chi connectivity index (χ1) is 17.4. The minimum atomic E-state index is -1.19. The SMILES string of the molecule is CC[C@H](O)C(=O)N[C@@H](CC(C)C)C(=O)C[C@@H](Cc1ccccc1)C(=O)N[C@@H](CC(C)C)C(=O)[C@@]1(C)CO1. The van der Waals surface area contributed by atoms with Crippen molar-refractivity contribution in [3.8, 4) is 0 Å². The van der Waals surface area contributed by atoms with Crippen LogP contribution in [0.2, 0.25) is 0 Å². The second kappa shape index (κ2) is 13.8. The summed E-state index contributed by atoms with van der Waals surface area (Å²) in [5.41, 5.74) is 0.0233. The van der Waals surface area contributed by atoms with Crippen LogP contribution in [0, 0.1) is 17.8 Å². The van der Waals surface area contributed by atoms with Gasteiger partial charge >= 0.3 is 0 Å². The lowest BCUT2D eigenvalue weighted by Crippen LogP contribution is -2.50. The fourth-order valence-electron chi connectivity index (χ4n) is 4.35. The predicted octanol–water partition coefficient (Wildman–Crippen LogP) is 3.00. The molecule has 0 aromatic heterocycles. The number of carbonyl (C=O) groups is 4. The number of carbonyl (C=O) groups excluding carboxylic acids is 4. The van der Waals surface area contributed by atoms with E-state index in [-0.39, 0.29) is 42.2 Å². The summed E-state index contributed by atoms with van der Waals surface area (Å²) in [5.74, 6) is -1.84. The summed E-state index contributed by atoms with van der Waals surface area (Å²) in [5, 5.41) is 15.5. The third-order valence-electron chi connectivity index (χ3n) is 6.68. The summed E-state index contributed by atoms with van der Waals surface area (Å²) in [7, 11) is 0. The molecular weight excluding hydrogens is 472 g/mol. The molecule has 1 fully saturated rings. The van der Waals surface area contributed by atoms with E-state index in [1.807, 2.05) is 58.0 Å². The van der Waals surface area contributed by atoms with Gasteiger partial charge in [-0.25, -0.2) is 0 Å². The zero-order valence-corrected chi connectivity index (χ0v) is 23.1. The second-order valence-corrected chi connectivity index (χ2v) is 11.2. The van der Waals surface area contributed by atoms with Crippen LogP contribution in [0.1, 0.15) is 72.8 Å². The van der Waals surface area contributed by atoms with E-state index >= 15 is 0 Å². The van der Waals surface area contributed by atoms with Gasteiger partial charge in [0, 0.05) is 12.3 Å². The third kappa shape index (κ3) is 9.67. The van der Waals surface area contributed by atoms with E-state index in [2.05, 4.69) is 10.6 Å². The molecule has 1 saturated heterocycles. The highest BCUT2D eigenvalue weighted by atomic mass is 16.6. The Morgan fingerprint density at radius 2 is 1.49 bits per heavy atom. The number of amides is 2. The molecule has 1 aromatic carbocycles. The number of hydrogen-bond acceptors (Lipinski definition) is 6. The summed E-state index contributed by atoms with van der Waals surface area (Å²) >= 11 is 0. The molecule has 0 saturated carbocycles. The molecule has 3 N–H and O–H groups in total. The van der Waals surface area contributed by atoms with Crippen molar-refractivity contribution in [3.63, 3.8) is 0 Å². The van der Waals surface area contributed by atoms with Crippen molar-refractivity contribution in [3.05, 3.63) is 35.9 Å². The van der Waals surface area contributed by atoms with Gasteiger partial charge in [-0.1, -0.05) is 65.0 Å². The van der Waals surface area contributed by atoms with Gasteiger partial charge in [0.25, 0.3) is 0 Å². The fraction of sp³-hybridized carbons (Fsp3) is 0.655. The Kier molecular flexibility index (Phi) is 11.4. The van der Waals surface area contributed by atoms with Crippen LogP contribution in [0.3, 0.4) is 0 Å². The van der Waals surface area contributed by atoms with Gasteiger partial charge in [0.05, 0.1) is 18.7 Å². The number of ether oxygens (including phenoxy) is 1. The number of aliphatic hydroxyl groups excluding tert-OH is 1. The monoisotopic (exact) mass is 516 g/mol. The first-order valence-corrected chi connectivity index (χ1v) is 13.4. The number of hydrogen-bond donors (Lipinski definition) is 3. The quantitative estimate of drug-likeness (QED) is 0.290. The van der Waals surface area contributed by atoms with Crippen molar-refractivity contribution in [1.29, 1.82) is 0 Å². The summed E-state index contributed by atoms with van der Waals surface area (Å²) in [4.78, 5) is 52.4. The first-order valence-electron chi connectivity index (χ1n) is 13.4. The van der Waals surface area contributed by atoms with Gasteiger partial charge < -0.3 is 20.5 Å². The summed E-state index contributed by atoms with van der Waals surface area (Å²) in [6.07, 6.45) is 0.119. The van der Waals surface area contributed by atoms with E-state index in [9.17, 15) is 24.3 Å². The topological polar surface area (TPSA) is 125 Å². The van der Waals surface area contributed by atoms with Crippen molar-refractivity contribution >= 4 is 23.4 Å². The van der Waals surface area contributed by atoms with Crippen LogP contribution in [0.5, 0.6) is 0 Å². The molecule has 1 aromatic rings. The summed E-state index contributed by atoms with van der Waals surface area (Å²) < 4.78 is 5.34. The minimum absolute atomic E-state index is 0.100. The number of nitrogens with one attached hydrogen (secondary N) is 2. The van der Waals surface area contributed by atoms with Crippen LogP contribution in [-0.4, -0.2) is 58.9 Å². The molecule has 5 atom stereocenters. The van der Waals surface area contributed by atoms with E-state index in [1.165, 1.54) is 0 Å². The molecule has 206 valence electrons. The Balaban J connectivity index is 2.25. The Morgan fingerprint density at radius 3 is 2.00 bits per heavy atom. The standard InChI is InChI=1S/C29H44N2O6/c1-7-24(32)28(36)30-22(13-18(2)3)25(33)16-21(15-20-11-9-8-10-12-20)27(35)31-23(14-19(4)5)26(34)29(6)17-37-29/h8-12,18-19,21-24,32H,7,13-17H2,1-6H3,(H,30,36)(H,31,35)/t21-,22+,23+,24+,29-/m1/s1. The molecule has 0 aliphatic carbocycles. The highest BCUT2D eigenvalue weighted by Crippen LogP contribution is 2.30. The summed E-state index contributed by atoms with van der Waals surface area (Å²) in [6, 6.07) is 7.89. The third-order valence-corrected chi connectivity index (χ3v) is 6.68. The molecule has 2 amide bonds. The number of aliphatic hydroxyl groups is 1. The number of rotatable bonds is 16. The minimum Gasteiger partial charge on any atom is -0.383 e. The van der Waals surface area contributed by atoms with Gasteiger partial charge in [0.2, 0.25) is 11.8 Å². The number of Topliss-reactive ketones (excluding diaryl/α,β-unsaturated/α-hetero) is 2. The van der Waals surface area contributed by atoms with Crippen LogP contribution in [0.4, 0.5) is 0 Å². The van der Waals surface area contributed by atoms with Crippen molar-refractivity contribution in [1.82, 2.24) is 10.6 Å². The maximum absolute atomic E-state index is 13.6. The van der Waals surface area contributed by atoms with Crippen LogP contribution < -0.4 is 10.6 Å². The van der Waals surface area contributed by atoms with Crippen molar-refractivity contribution in [2.45, 2.75) is 97.4 Å². The zero-order valence-electron chi connectivity index (χ0n) is 23.1. The smallest absolute Gasteiger partial charge is 0.249 e. The van der Waals surface area contributed by atoms with E-state index < -0.39 is 35.6 Å². The molecule has 0 bridgehead atoms. The molecular formula is C29H44N2O6. The lowest BCUT2D eigenvalue weighted by Gasteiger charge is -2.26. The Hall–Kier alpha value is -2.58. The normalized spacial score (nSPS) is 20.1.